The van der Waals surface area contributed by atoms with E-state index in [0.29, 0.717) is 22.8 Å². The van der Waals surface area contributed by atoms with E-state index in [1.54, 1.807) is 24.3 Å². The van der Waals surface area contributed by atoms with Crippen LogP contribution in [0.25, 0.3) is 0 Å². The first kappa shape index (κ1) is 30.3. The summed E-state index contributed by atoms with van der Waals surface area (Å²) in [4.78, 5) is 28.6. The minimum Gasteiger partial charge on any atom is -0.497 e. The zero-order valence-electron chi connectivity index (χ0n) is 23.3. The zero-order valence-corrected chi connectivity index (χ0v) is 24.1. The minimum absolute atomic E-state index is 0.0461. The second kappa shape index (κ2) is 13.7. The summed E-state index contributed by atoms with van der Waals surface area (Å²) in [5.41, 5.74) is 1.78. The topological polar surface area (TPSA) is 114 Å². The van der Waals surface area contributed by atoms with Gasteiger partial charge in [-0.25, -0.2) is 8.42 Å². The van der Waals surface area contributed by atoms with Gasteiger partial charge >= 0.3 is 0 Å². The molecular weight excluding hydrogens is 534 g/mol. The number of ether oxygens (including phenoxy) is 3. The van der Waals surface area contributed by atoms with Gasteiger partial charge in [0, 0.05) is 26.1 Å². The van der Waals surface area contributed by atoms with E-state index in [2.05, 4.69) is 5.32 Å². The molecule has 3 aromatic carbocycles. The van der Waals surface area contributed by atoms with Gasteiger partial charge in [-0.15, -0.1) is 0 Å². The van der Waals surface area contributed by atoms with E-state index in [0.717, 1.165) is 16.1 Å². The van der Waals surface area contributed by atoms with Gasteiger partial charge < -0.3 is 24.4 Å². The quantitative estimate of drug-likeness (QED) is 0.337. The molecule has 0 aliphatic carbocycles. The summed E-state index contributed by atoms with van der Waals surface area (Å²) < 4.78 is 42.8. The number of rotatable bonds is 13. The predicted molar refractivity (Wildman–Crippen MR) is 153 cm³/mol. The Morgan fingerprint density at radius 2 is 1.52 bits per heavy atom. The fourth-order valence-corrected chi connectivity index (χ4v) is 5.12. The number of anilines is 1. The second-order valence-electron chi connectivity index (χ2n) is 9.00. The van der Waals surface area contributed by atoms with E-state index >= 15 is 0 Å². The molecule has 0 saturated heterocycles. The number of hydrogen-bond donors (Lipinski definition) is 1. The summed E-state index contributed by atoms with van der Waals surface area (Å²) in [7, 11) is 2.03. The lowest BCUT2D eigenvalue weighted by Crippen LogP contribution is -2.52. The van der Waals surface area contributed by atoms with Crippen LogP contribution in [0.3, 0.4) is 0 Å². The van der Waals surface area contributed by atoms with Crippen LogP contribution in [0.4, 0.5) is 5.69 Å². The molecule has 0 bridgehead atoms. The molecule has 0 aliphatic heterocycles. The number of carbonyl (C=O) groups is 2. The third kappa shape index (κ3) is 7.66. The lowest BCUT2D eigenvalue weighted by Gasteiger charge is -2.33. The van der Waals surface area contributed by atoms with E-state index in [4.69, 9.17) is 14.2 Å². The summed E-state index contributed by atoms with van der Waals surface area (Å²) in [6, 6.07) is 20.1. The molecule has 214 valence electrons. The van der Waals surface area contributed by atoms with E-state index in [1.807, 2.05) is 36.4 Å². The maximum absolute atomic E-state index is 14.0. The molecular formula is C29H35N3O7S. The molecule has 0 saturated carbocycles. The molecule has 10 nitrogen and oxygen atoms in total. The van der Waals surface area contributed by atoms with Crippen molar-refractivity contribution >= 4 is 27.5 Å². The highest BCUT2D eigenvalue weighted by Gasteiger charge is 2.33. The van der Waals surface area contributed by atoms with Crippen molar-refractivity contribution in [3.05, 3.63) is 83.9 Å². The first-order valence-electron chi connectivity index (χ1n) is 12.5. The van der Waals surface area contributed by atoms with Crippen LogP contribution in [-0.2, 0) is 32.6 Å². The third-order valence-corrected chi connectivity index (χ3v) is 7.48. The normalized spacial score (nSPS) is 11.7. The van der Waals surface area contributed by atoms with Crippen LogP contribution >= 0.6 is 0 Å². The Hall–Kier alpha value is -4.25. The summed E-state index contributed by atoms with van der Waals surface area (Å²) in [5, 5.41) is 2.65. The number of carbonyl (C=O) groups excluding carboxylic acids is 2. The summed E-state index contributed by atoms with van der Waals surface area (Å²) in [6.45, 7) is -0.495. The Morgan fingerprint density at radius 3 is 2.12 bits per heavy atom. The monoisotopic (exact) mass is 569 g/mol. The van der Waals surface area contributed by atoms with Crippen molar-refractivity contribution in [1.29, 1.82) is 0 Å². The van der Waals surface area contributed by atoms with Gasteiger partial charge in [0.15, 0.2) is 11.5 Å². The molecule has 0 aliphatic rings. The molecule has 2 amide bonds. The Bertz CT molecular complexity index is 1410. The van der Waals surface area contributed by atoms with Crippen LogP contribution in [0.15, 0.2) is 72.8 Å². The average molecular weight is 570 g/mol. The van der Waals surface area contributed by atoms with Crippen molar-refractivity contribution < 1.29 is 32.2 Å². The van der Waals surface area contributed by atoms with Crippen LogP contribution in [0.1, 0.15) is 11.1 Å². The highest BCUT2D eigenvalue weighted by Crippen LogP contribution is 2.32. The molecule has 3 rings (SSSR count). The number of nitrogens with one attached hydrogen (secondary N) is 1. The van der Waals surface area contributed by atoms with Gasteiger partial charge in [0.1, 0.15) is 18.3 Å². The molecule has 1 atom stereocenters. The standard InChI is InChI=1S/C29H35N3O7S/c1-30-29(34)25(17-21-10-7-6-8-11-21)31(19-22-12-9-13-24(16-22)37-2)28(33)20-32(40(5,35)36)23-14-15-26(38-3)27(18-23)39-4/h6-16,18,25H,17,19-20H2,1-5H3,(H,30,34)/t25-/m0/s1. The van der Waals surface area contributed by atoms with Crippen molar-refractivity contribution in [3.8, 4) is 17.2 Å². The van der Waals surface area contributed by atoms with E-state index < -0.39 is 28.5 Å². The van der Waals surface area contributed by atoms with Gasteiger partial charge in [-0.05, 0) is 35.4 Å². The highest BCUT2D eigenvalue weighted by atomic mass is 32.2. The first-order chi connectivity index (χ1) is 19.1. The van der Waals surface area contributed by atoms with Gasteiger partial charge in [-0.1, -0.05) is 42.5 Å². The zero-order chi connectivity index (χ0) is 29.3. The molecule has 0 spiro atoms. The average Bonchev–Trinajstić information content (AvgIpc) is 2.96. The van der Waals surface area contributed by atoms with Crippen LogP contribution in [0.2, 0.25) is 0 Å². The molecule has 40 heavy (non-hydrogen) atoms. The van der Waals surface area contributed by atoms with Gasteiger partial charge in [0.2, 0.25) is 21.8 Å². The van der Waals surface area contributed by atoms with Crippen molar-refractivity contribution in [3.63, 3.8) is 0 Å². The van der Waals surface area contributed by atoms with Crippen molar-refractivity contribution in [2.75, 3.05) is 45.5 Å². The predicted octanol–water partition coefficient (Wildman–Crippen LogP) is 2.86. The van der Waals surface area contributed by atoms with Gasteiger partial charge in [-0.2, -0.15) is 0 Å². The second-order valence-corrected chi connectivity index (χ2v) is 10.9. The maximum atomic E-state index is 14.0. The molecule has 11 heteroatoms. The fraction of sp³-hybridized carbons (Fsp3) is 0.310. The van der Waals surface area contributed by atoms with Gasteiger partial charge in [-0.3, -0.25) is 13.9 Å². The van der Waals surface area contributed by atoms with Crippen LogP contribution in [0.5, 0.6) is 17.2 Å². The molecule has 1 N–H and O–H groups in total. The Balaban J connectivity index is 2.06. The molecule has 3 aromatic rings. The number of benzene rings is 3. The minimum atomic E-state index is -3.92. The smallest absolute Gasteiger partial charge is 0.244 e. The number of amides is 2. The summed E-state index contributed by atoms with van der Waals surface area (Å²) >= 11 is 0. The molecule has 0 aromatic heterocycles. The van der Waals surface area contributed by atoms with Crippen LogP contribution < -0.4 is 23.8 Å². The van der Waals surface area contributed by atoms with Gasteiger partial charge in [0.25, 0.3) is 0 Å². The number of hydrogen-bond acceptors (Lipinski definition) is 7. The number of sulfonamides is 1. The van der Waals surface area contributed by atoms with Gasteiger partial charge in [0.05, 0.1) is 33.3 Å². The molecule has 0 heterocycles. The molecule has 0 unspecified atom stereocenters. The van der Waals surface area contributed by atoms with E-state index in [1.165, 1.54) is 45.4 Å². The number of likely N-dealkylation sites (N-methyl/N-ethyl adjacent to an activating group) is 1. The van der Waals surface area contributed by atoms with Crippen molar-refractivity contribution in [1.82, 2.24) is 10.2 Å². The van der Waals surface area contributed by atoms with E-state index in [9.17, 15) is 18.0 Å². The molecule has 0 fully saturated rings. The fourth-order valence-electron chi connectivity index (χ4n) is 4.28. The van der Waals surface area contributed by atoms with Crippen LogP contribution in [-0.4, -0.2) is 72.4 Å². The van der Waals surface area contributed by atoms with E-state index in [-0.39, 0.29) is 24.6 Å². The van der Waals surface area contributed by atoms with Crippen LogP contribution in [0, 0.1) is 0 Å². The Kier molecular flexibility index (Phi) is 10.4. The summed E-state index contributed by atoms with van der Waals surface area (Å²) in [5.74, 6) is 0.368. The largest absolute Gasteiger partial charge is 0.497 e. The number of nitrogens with zero attached hydrogens (tertiary/aromatic N) is 2. The third-order valence-electron chi connectivity index (χ3n) is 6.34. The lowest BCUT2D eigenvalue weighted by atomic mass is 10.0. The molecule has 0 radical (unpaired) electrons. The Labute approximate surface area is 235 Å². The van der Waals surface area contributed by atoms with Crippen molar-refractivity contribution in [2.45, 2.75) is 19.0 Å². The first-order valence-corrected chi connectivity index (χ1v) is 14.3. The number of methoxy groups -OCH3 is 3. The maximum Gasteiger partial charge on any atom is 0.244 e. The highest BCUT2D eigenvalue weighted by molar-refractivity contribution is 7.92. The lowest BCUT2D eigenvalue weighted by molar-refractivity contribution is -0.139. The summed E-state index contributed by atoms with van der Waals surface area (Å²) in [6.07, 6.45) is 1.25. The SMILES string of the molecule is CNC(=O)[C@H](Cc1ccccc1)N(Cc1cccc(OC)c1)C(=O)CN(c1ccc(OC)c(OC)c1)S(C)(=O)=O. The van der Waals surface area contributed by atoms with Crippen molar-refractivity contribution in [2.24, 2.45) is 0 Å². The Morgan fingerprint density at radius 1 is 0.850 bits per heavy atom.